The Morgan fingerprint density at radius 3 is 2.90 bits per heavy atom. The summed E-state index contributed by atoms with van der Waals surface area (Å²) in [6.45, 7) is 0.909. The molecule has 2 aromatic rings. The summed E-state index contributed by atoms with van der Waals surface area (Å²) < 4.78 is 7.64. The van der Waals surface area contributed by atoms with Crippen LogP contribution in [0.15, 0.2) is 42.7 Å². The molecule has 4 heteroatoms. The third kappa shape index (κ3) is 3.71. The van der Waals surface area contributed by atoms with Crippen LogP contribution in [-0.4, -0.2) is 22.5 Å². The number of nitrogens with two attached hydrogens (primary N) is 1. The Labute approximate surface area is 125 Å². The molecular weight excluding hydrogens is 262 g/mol. The Morgan fingerprint density at radius 2 is 2.14 bits per heavy atom. The Balaban J connectivity index is 1.57. The fraction of sp³-hybridized carbons (Fsp3) is 0.471. The van der Waals surface area contributed by atoms with Crippen LogP contribution in [0.1, 0.15) is 43.7 Å². The highest BCUT2D eigenvalue weighted by Gasteiger charge is 2.16. The van der Waals surface area contributed by atoms with E-state index in [-0.39, 0.29) is 6.04 Å². The summed E-state index contributed by atoms with van der Waals surface area (Å²) >= 11 is 0. The molecule has 1 aromatic heterocycles. The van der Waals surface area contributed by atoms with E-state index in [4.69, 9.17) is 10.5 Å². The van der Waals surface area contributed by atoms with E-state index in [1.165, 1.54) is 19.3 Å². The van der Waals surface area contributed by atoms with Crippen LogP contribution < -0.4 is 5.73 Å². The van der Waals surface area contributed by atoms with E-state index in [9.17, 15) is 0 Å². The third-order valence-electron chi connectivity index (χ3n) is 4.13. The molecular formula is C17H23N3O. The lowest BCUT2D eigenvalue weighted by molar-refractivity contribution is 0.00912. The van der Waals surface area contributed by atoms with Gasteiger partial charge in [0.2, 0.25) is 0 Å². The van der Waals surface area contributed by atoms with E-state index < -0.39 is 0 Å². The summed E-state index contributed by atoms with van der Waals surface area (Å²) in [6, 6.07) is 10.1. The molecule has 1 fully saturated rings. The number of aromatic nitrogens is 2. The molecule has 0 radical (unpaired) electrons. The molecule has 0 aliphatic carbocycles. The predicted octanol–water partition coefficient (Wildman–Crippen LogP) is 3.22. The van der Waals surface area contributed by atoms with Gasteiger partial charge in [0.25, 0.3) is 0 Å². The first kappa shape index (κ1) is 14.3. The molecule has 112 valence electrons. The van der Waals surface area contributed by atoms with Crippen molar-refractivity contribution in [1.82, 2.24) is 9.78 Å². The van der Waals surface area contributed by atoms with Gasteiger partial charge in [0, 0.05) is 24.4 Å². The van der Waals surface area contributed by atoms with E-state index in [1.54, 1.807) is 0 Å². The highest BCUT2D eigenvalue weighted by atomic mass is 16.5. The first-order chi connectivity index (χ1) is 10.3. The quantitative estimate of drug-likeness (QED) is 0.917. The lowest BCUT2D eigenvalue weighted by atomic mass is 9.99. The molecule has 1 saturated heterocycles. The second kappa shape index (κ2) is 6.87. The topological polar surface area (TPSA) is 53.1 Å². The Kier molecular flexibility index (Phi) is 4.68. The molecule has 0 bridgehead atoms. The molecule has 2 atom stereocenters. The summed E-state index contributed by atoms with van der Waals surface area (Å²) in [5, 5.41) is 4.41. The van der Waals surface area contributed by atoms with Crippen molar-refractivity contribution in [2.45, 2.75) is 44.2 Å². The van der Waals surface area contributed by atoms with E-state index in [0.717, 1.165) is 30.7 Å². The minimum Gasteiger partial charge on any atom is -0.378 e. The third-order valence-corrected chi connectivity index (χ3v) is 4.13. The minimum atomic E-state index is 0.0352. The van der Waals surface area contributed by atoms with Crippen molar-refractivity contribution in [2.24, 2.45) is 5.73 Å². The molecule has 1 aliphatic rings. The second-order valence-corrected chi connectivity index (χ2v) is 5.73. The zero-order valence-electron chi connectivity index (χ0n) is 12.3. The molecule has 2 N–H and O–H groups in total. The van der Waals surface area contributed by atoms with Gasteiger partial charge in [-0.3, -0.25) is 0 Å². The van der Waals surface area contributed by atoms with Gasteiger partial charge >= 0.3 is 0 Å². The van der Waals surface area contributed by atoms with E-state index in [2.05, 4.69) is 5.10 Å². The Morgan fingerprint density at radius 1 is 1.29 bits per heavy atom. The zero-order chi connectivity index (χ0) is 14.5. The molecule has 0 saturated carbocycles. The lowest BCUT2D eigenvalue weighted by Crippen LogP contribution is -2.21. The number of nitrogens with zero attached hydrogens (tertiary/aromatic N) is 2. The summed E-state index contributed by atoms with van der Waals surface area (Å²) in [7, 11) is 0. The van der Waals surface area contributed by atoms with Crippen molar-refractivity contribution in [1.29, 1.82) is 0 Å². The van der Waals surface area contributed by atoms with E-state index in [1.807, 2.05) is 47.4 Å². The van der Waals surface area contributed by atoms with Crippen molar-refractivity contribution in [2.75, 3.05) is 6.61 Å². The number of hydrogen-bond donors (Lipinski definition) is 1. The highest BCUT2D eigenvalue weighted by Crippen LogP contribution is 2.22. The maximum Gasteiger partial charge on any atom is 0.0645 e. The van der Waals surface area contributed by atoms with Crippen molar-refractivity contribution >= 4 is 0 Å². The normalized spacial score (nSPS) is 20.3. The fourth-order valence-corrected chi connectivity index (χ4v) is 2.82. The van der Waals surface area contributed by atoms with Crippen LogP contribution in [0.2, 0.25) is 0 Å². The predicted molar refractivity (Wildman–Crippen MR) is 83.3 cm³/mol. The molecule has 0 amide bonds. The maximum atomic E-state index is 6.29. The minimum absolute atomic E-state index is 0.0352. The average molecular weight is 285 g/mol. The number of ether oxygens (including phenoxy) is 1. The van der Waals surface area contributed by atoms with Gasteiger partial charge in [0.05, 0.1) is 18.0 Å². The molecule has 0 spiro atoms. The summed E-state index contributed by atoms with van der Waals surface area (Å²) in [5.41, 5.74) is 8.45. The molecule has 21 heavy (non-hydrogen) atoms. The lowest BCUT2D eigenvalue weighted by Gasteiger charge is -2.23. The second-order valence-electron chi connectivity index (χ2n) is 5.73. The van der Waals surface area contributed by atoms with Crippen LogP contribution in [0.4, 0.5) is 0 Å². The molecule has 1 aromatic carbocycles. The van der Waals surface area contributed by atoms with E-state index >= 15 is 0 Å². The van der Waals surface area contributed by atoms with Gasteiger partial charge in [-0.2, -0.15) is 5.10 Å². The van der Waals surface area contributed by atoms with Crippen molar-refractivity contribution in [3.8, 4) is 5.69 Å². The van der Waals surface area contributed by atoms with Crippen LogP contribution in [0.3, 0.4) is 0 Å². The Hall–Kier alpha value is -1.65. The van der Waals surface area contributed by atoms with Crippen molar-refractivity contribution in [3.63, 3.8) is 0 Å². The van der Waals surface area contributed by atoms with Gasteiger partial charge in [-0.05, 0) is 44.2 Å². The summed E-state index contributed by atoms with van der Waals surface area (Å²) in [5.74, 6) is 0. The SMILES string of the molecule is NC(CCC1CCCCO1)c1cnn(-c2ccccc2)c1. The smallest absolute Gasteiger partial charge is 0.0645 e. The number of hydrogen-bond acceptors (Lipinski definition) is 3. The molecule has 1 aliphatic heterocycles. The van der Waals surface area contributed by atoms with Crippen LogP contribution in [-0.2, 0) is 4.74 Å². The molecule has 2 heterocycles. The van der Waals surface area contributed by atoms with Crippen LogP contribution >= 0.6 is 0 Å². The maximum absolute atomic E-state index is 6.29. The number of rotatable bonds is 5. The fourth-order valence-electron chi connectivity index (χ4n) is 2.82. The van der Waals surface area contributed by atoms with Crippen molar-refractivity contribution < 1.29 is 4.74 Å². The van der Waals surface area contributed by atoms with E-state index in [0.29, 0.717) is 6.10 Å². The number of para-hydroxylation sites is 1. The van der Waals surface area contributed by atoms with Crippen molar-refractivity contribution in [3.05, 3.63) is 48.3 Å². The summed E-state index contributed by atoms with van der Waals surface area (Å²) in [4.78, 5) is 0. The molecule has 4 nitrogen and oxygen atoms in total. The average Bonchev–Trinajstić information content (AvgIpc) is 3.04. The first-order valence-electron chi connectivity index (χ1n) is 7.80. The van der Waals surface area contributed by atoms with Gasteiger partial charge in [-0.15, -0.1) is 0 Å². The largest absolute Gasteiger partial charge is 0.378 e. The monoisotopic (exact) mass is 285 g/mol. The van der Waals surface area contributed by atoms with Crippen LogP contribution in [0.25, 0.3) is 5.69 Å². The number of benzene rings is 1. The zero-order valence-corrected chi connectivity index (χ0v) is 12.3. The van der Waals surface area contributed by atoms with Gasteiger partial charge in [0.1, 0.15) is 0 Å². The summed E-state index contributed by atoms with van der Waals surface area (Å²) in [6.07, 6.45) is 9.95. The van der Waals surface area contributed by atoms with Gasteiger partial charge in [-0.25, -0.2) is 4.68 Å². The van der Waals surface area contributed by atoms with Gasteiger partial charge < -0.3 is 10.5 Å². The highest BCUT2D eigenvalue weighted by molar-refractivity contribution is 5.31. The first-order valence-corrected chi connectivity index (χ1v) is 7.80. The van der Waals surface area contributed by atoms with Crippen LogP contribution in [0.5, 0.6) is 0 Å². The Bertz CT molecular complexity index is 546. The van der Waals surface area contributed by atoms with Gasteiger partial charge in [0.15, 0.2) is 0 Å². The molecule has 3 rings (SSSR count). The van der Waals surface area contributed by atoms with Crippen LogP contribution in [0, 0.1) is 0 Å². The standard InChI is InChI=1S/C17H23N3O/c18-17(10-9-16-8-4-5-11-21-16)14-12-19-20(13-14)15-6-2-1-3-7-15/h1-3,6-7,12-13,16-17H,4-5,8-11,18H2. The molecule has 2 unspecified atom stereocenters. The van der Waals surface area contributed by atoms with Gasteiger partial charge in [-0.1, -0.05) is 18.2 Å².